The number of phenolic OH excluding ortho intramolecular Hbond substituents is 1. The number of rotatable bonds is 1. The molecule has 5 heteroatoms. The van der Waals surface area contributed by atoms with E-state index in [2.05, 4.69) is 10.2 Å². The van der Waals surface area contributed by atoms with Crippen LogP contribution in [0.5, 0.6) is 5.75 Å². The molecule has 1 heterocycles. The van der Waals surface area contributed by atoms with Gasteiger partial charge >= 0.3 is 0 Å². The van der Waals surface area contributed by atoms with Gasteiger partial charge in [0.1, 0.15) is 22.5 Å². The van der Waals surface area contributed by atoms with Gasteiger partial charge in [-0.1, -0.05) is 18.2 Å². The molecule has 1 N–H and O–H groups in total. The fourth-order valence-corrected chi connectivity index (χ4v) is 1.76. The summed E-state index contributed by atoms with van der Waals surface area (Å²) in [6.45, 7) is 1.96. The fourth-order valence-electron chi connectivity index (χ4n) is 1.76. The standard InChI is InChI=1S/C13H11N3O.Zn/c1-9-6-7-13(17)12(8-9)16-14-10-4-2-3-5-11(10)15-16;/h2-8,17H,1H3;. The maximum Gasteiger partial charge on any atom is 0.143 e. The second kappa shape index (κ2) is 4.87. The van der Waals surface area contributed by atoms with E-state index in [9.17, 15) is 5.11 Å². The SMILES string of the molecule is Cc1ccc(O)c(-n2nc3ccccc3n2)c1.[Zn]. The van der Waals surface area contributed by atoms with Crippen LogP contribution in [0.3, 0.4) is 0 Å². The molecule has 3 aromatic rings. The summed E-state index contributed by atoms with van der Waals surface area (Å²) >= 11 is 0. The molecule has 1 aromatic heterocycles. The average molecular weight is 291 g/mol. The molecule has 86 valence electrons. The summed E-state index contributed by atoms with van der Waals surface area (Å²) in [5.74, 6) is 0.177. The van der Waals surface area contributed by atoms with Crippen LogP contribution >= 0.6 is 0 Å². The minimum absolute atomic E-state index is 0. The van der Waals surface area contributed by atoms with Crippen molar-refractivity contribution in [1.82, 2.24) is 15.0 Å². The molecular weight excluding hydrogens is 280 g/mol. The maximum absolute atomic E-state index is 9.81. The first-order chi connectivity index (χ1) is 8.24. The Balaban J connectivity index is 0.00000120. The van der Waals surface area contributed by atoms with Gasteiger partial charge in [-0.25, -0.2) is 0 Å². The van der Waals surface area contributed by atoms with Gasteiger partial charge in [-0.3, -0.25) is 0 Å². The second-order valence-electron chi connectivity index (χ2n) is 3.97. The number of aromatic hydroxyl groups is 1. The van der Waals surface area contributed by atoms with Crippen molar-refractivity contribution in [2.75, 3.05) is 0 Å². The van der Waals surface area contributed by atoms with Crippen LogP contribution in [-0.2, 0) is 19.5 Å². The summed E-state index contributed by atoms with van der Waals surface area (Å²) in [5, 5.41) is 18.5. The monoisotopic (exact) mass is 289 g/mol. The van der Waals surface area contributed by atoms with Crippen molar-refractivity contribution in [2.24, 2.45) is 0 Å². The smallest absolute Gasteiger partial charge is 0.143 e. The molecule has 0 aliphatic rings. The van der Waals surface area contributed by atoms with Crippen LogP contribution in [0.2, 0.25) is 0 Å². The third kappa shape index (κ3) is 2.14. The fraction of sp³-hybridized carbons (Fsp3) is 0.0769. The van der Waals surface area contributed by atoms with Gasteiger partial charge in [-0.15, -0.1) is 15.0 Å². The summed E-state index contributed by atoms with van der Waals surface area (Å²) in [7, 11) is 0. The predicted octanol–water partition coefficient (Wildman–Crippen LogP) is 2.43. The van der Waals surface area contributed by atoms with Crippen molar-refractivity contribution < 1.29 is 24.6 Å². The molecule has 0 bridgehead atoms. The molecule has 0 saturated heterocycles. The van der Waals surface area contributed by atoms with E-state index >= 15 is 0 Å². The topological polar surface area (TPSA) is 50.9 Å². The Morgan fingerprint density at radius 2 is 1.61 bits per heavy atom. The largest absolute Gasteiger partial charge is 0.506 e. The van der Waals surface area contributed by atoms with E-state index in [-0.39, 0.29) is 25.2 Å². The molecule has 18 heavy (non-hydrogen) atoms. The van der Waals surface area contributed by atoms with Crippen LogP contribution in [0.15, 0.2) is 42.5 Å². The van der Waals surface area contributed by atoms with Crippen molar-refractivity contribution in [3.05, 3.63) is 48.0 Å². The normalized spacial score (nSPS) is 10.3. The number of aryl methyl sites for hydroxylation is 1. The zero-order valence-electron chi connectivity index (χ0n) is 10.0. The summed E-state index contributed by atoms with van der Waals surface area (Å²) in [6, 6.07) is 13.0. The minimum Gasteiger partial charge on any atom is -0.506 e. The van der Waals surface area contributed by atoms with Crippen LogP contribution < -0.4 is 0 Å². The van der Waals surface area contributed by atoms with E-state index in [1.807, 2.05) is 43.3 Å². The molecule has 4 nitrogen and oxygen atoms in total. The molecule has 0 radical (unpaired) electrons. The van der Waals surface area contributed by atoms with Gasteiger partial charge in [-0.2, -0.15) is 0 Å². The van der Waals surface area contributed by atoms with Crippen molar-refractivity contribution >= 4 is 11.0 Å². The Kier molecular flexibility index (Phi) is 3.44. The van der Waals surface area contributed by atoms with E-state index in [4.69, 9.17) is 0 Å². The number of aromatic nitrogens is 3. The Morgan fingerprint density at radius 3 is 2.22 bits per heavy atom. The predicted molar refractivity (Wildman–Crippen MR) is 65.3 cm³/mol. The first kappa shape index (κ1) is 12.7. The molecule has 0 fully saturated rings. The van der Waals surface area contributed by atoms with Gasteiger partial charge < -0.3 is 5.11 Å². The van der Waals surface area contributed by atoms with Gasteiger partial charge in [0.05, 0.1) is 0 Å². The van der Waals surface area contributed by atoms with E-state index in [0.29, 0.717) is 5.69 Å². The zero-order chi connectivity index (χ0) is 11.8. The molecule has 0 unspecified atom stereocenters. The summed E-state index contributed by atoms with van der Waals surface area (Å²) in [5.41, 5.74) is 3.28. The van der Waals surface area contributed by atoms with E-state index in [1.165, 1.54) is 4.80 Å². The molecule has 2 aromatic carbocycles. The molecule has 0 atom stereocenters. The van der Waals surface area contributed by atoms with Crippen LogP contribution in [0.1, 0.15) is 5.56 Å². The summed E-state index contributed by atoms with van der Waals surface area (Å²) in [6.07, 6.45) is 0. The minimum atomic E-state index is 0. The number of phenols is 1. The van der Waals surface area contributed by atoms with Crippen LogP contribution in [0.25, 0.3) is 16.7 Å². The molecule has 0 saturated carbocycles. The average Bonchev–Trinajstić information content (AvgIpc) is 2.75. The molecule has 0 aliphatic heterocycles. The van der Waals surface area contributed by atoms with E-state index in [0.717, 1.165) is 16.6 Å². The Bertz CT molecular complexity index is 661. The molecule has 3 rings (SSSR count). The number of hydrogen-bond acceptors (Lipinski definition) is 3. The second-order valence-corrected chi connectivity index (χ2v) is 3.97. The molecular formula is C13H11N3OZn. The van der Waals surface area contributed by atoms with Gasteiger partial charge in [0, 0.05) is 19.5 Å². The van der Waals surface area contributed by atoms with Crippen LogP contribution in [-0.4, -0.2) is 20.1 Å². The van der Waals surface area contributed by atoms with Crippen molar-refractivity contribution in [3.8, 4) is 11.4 Å². The third-order valence-corrected chi connectivity index (χ3v) is 2.63. The Labute approximate surface area is 117 Å². The van der Waals surface area contributed by atoms with E-state index in [1.54, 1.807) is 6.07 Å². The Hall–Kier alpha value is -1.74. The molecule has 0 spiro atoms. The van der Waals surface area contributed by atoms with Crippen LogP contribution in [0, 0.1) is 6.92 Å². The summed E-state index contributed by atoms with van der Waals surface area (Å²) < 4.78 is 0. The van der Waals surface area contributed by atoms with Gasteiger partial charge in [0.2, 0.25) is 0 Å². The van der Waals surface area contributed by atoms with Crippen molar-refractivity contribution in [1.29, 1.82) is 0 Å². The maximum atomic E-state index is 9.81. The Morgan fingerprint density at radius 1 is 1.00 bits per heavy atom. The van der Waals surface area contributed by atoms with Crippen LogP contribution in [0.4, 0.5) is 0 Å². The van der Waals surface area contributed by atoms with Crippen molar-refractivity contribution in [3.63, 3.8) is 0 Å². The van der Waals surface area contributed by atoms with Gasteiger partial charge in [0.25, 0.3) is 0 Å². The first-order valence-corrected chi connectivity index (χ1v) is 5.36. The van der Waals surface area contributed by atoms with Crippen molar-refractivity contribution in [2.45, 2.75) is 6.92 Å². The first-order valence-electron chi connectivity index (χ1n) is 5.36. The van der Waals surface area contributed by atoms with Gasteiger partial charge in [-0.05, 0) is 36.8 Å². The molecule has 0 aliphatic carbocycles. The number of benzene rings is 2. The summed E-state index contributed by atoms with van der Waals surface area (Å²) in [4.78, 5) is 1.47. The quantitative estimate of drug-likeness (QED) is 0.700. The number of nitrogens with zero attached hydrogens (tertiary/aromatic N) is 3. The van der Waals surface area contributed by atoms with E-state index < -0.39 is 0 Å². The zero-order valence-corrected chi connectivity index (χ0v) is 13.0. The molecule has 0 amide bonds. The number of fused-ring (bicyclic) bond motifs is 1. The third-order valence-electron chi connectivity index (χ3n) is 2.63. The van der Waals surface area contributed by atoms with Gasteiger partial charge in [0.15, 0.2) is 0 Å². The number of hydrogen-bond donors (Lipinski definition) is 1.